The lowest BCUT2D eigenvalue weighted by molar-refractivity contribution is -0.0622. The molecule has 1 N–H and O–H groups in total. The molecule has 0 bridgehead atoms. The van der Waals surface area contributed by atoms with Crippen molar-refractivity contribution in [3.63, 3.8) is 0 Å². The summed E-state index contributed by atoms with van der Waals surface area (Å²) in [6.45, 7) is 40.0. The van der Waals surface area contributed by atoms with Crippen molar-refractivity contribution in [2.45, 2.75) is 179 Å². The van der Waals surface area contributed by atoms with E-state index in [4.69, 9.17) is 28.4 Å². The van der Waals surface area contributed by atoms with Gasteiger partial charge in [0.05, 0.1) is 0 Å². The fourth-order valence-electron chi connectivity index (χ4n) is 10.3. The summed E-state index contributed by atoms with van der Waals surface area (Å²) in [5.41, 5.74) is 16.1. The van der Waals surface area contributed by atoms with Crippen molar-refractivity contribution in [3.05, 3.63) is 163 Å². The highest BCUT2D eigenvalue weighted by Crippen LogP contribution is 2.46. The first kappa shape index (κ1) is 55.0. The van der Waals surface area contributed by atoms with E-state index in [-0.39, 0.29) is 54.4 Å². The molecule has 0 aromatic heterocycles. The van der Waals surface area contributed by atoms with Crippen molar-refractivity contribution in [1.29, 1.82) is 0 Å². The third kappa shape index (κ3) is 12.7. The minimum atomic E-state index is -0.371. The van der Waals surface area contributed by atoms with Gasteiger partial charge in [0.25, 0.3) is 0 Å². The number of fused-ring (bicyclic) bond motifs is 1. The summed E-state index contributed by atoms with van der Waals surface area (Å²) in [7, 11) is 0. The van der Waals surface area contributed by atoms with Crippen LogP contribution in [0, 0.1) is 27.7 Å². The standard InChI is InChI=1S/C64H84O7/c1-19-66-44(16)69-60-27-41(13)56(33-52(60)37(6)7)63(55-32-51(36(4)5)59(65)26-40(55)12)49-24-22-48-31-50(25-23-47(48)30-49)64(57-34-53(38(8)9)61(28-42(57)14)70-45(17)67-20-2)58-35-54(39(10)11)62(29-43(58)15)71-46(18)68-21-3/h22-39,44-46,63-65H,19-21H2,1-18H3. The minimum Gasteiger partial charge on any atom is -0.508 e. The predicted molar refractivity (Wildman–Crippen MR) is 294 cm³/mol. The van der Waals surface area contributed by atoms with E-state index in [1.54, 1.807) is 0 Å². The number of rotatable bonds is 22. The van der Waals surface area contributed by atoms with Gasteiger partial charge >= 0.3 is 0 Å². The van der Waals surface area contributed by atoms with Crippen LogP contribution in [0.4, 0.5) is 0 Å². The number of phenolic OH excluding ortho intramolecular Hbond substituents is 1. The first-order valence-corrected chi connectivity index (χ1v) is 26.3. The van der Waals surface area contributed by atoms with Crippen molar-refractivity contribution in [2.75, 3.05) is 19.8 Å². The maximum atomic E-state index is 11.2. The lowest BCUT2D eigenvalue weighted by Crippen LogP contribution is -2.18. The molecule has 0 saturated heterocycles. The third-order valence-corrected chi connectivity index (χ3v) is 14.0. The van der Waals surface area contributed by atoms with Crippen LogP contribution in [0.2, 0.25) is 0 Å². The van der Waals surface area contributed by atoms with Crippen LogP contribution in [-0.2, 0) is 14.2 Å². The maximum absolute atomic E-state index is 11.2. The van der Waals surface area contributed by atoms with E-state index in [0.717, 1.165) is 72.5 Å². The van der Waals surface area contributed by atoms with Crippen LogP contribution in [0.25, 0.3) is 10.8 Å². The number of aromatic hydroxyl groups is 1. The number of aryl methyl sites for hydroxylation is 4. The second-order valence-electron chi connectivity index (χ2n) is 20.8. The summed E-state index contributed by atoms with van der Waals surface area (Å²) in [5.74, 6) is 3.46. The highest BCUT2D eigenvalue weighted by atomic mass is 16.7. The smallest absolute Gasteiger partial charge is 0.196 e. The summed E-state index contributed by atoms with van der Waals surface area (Å²) in [4.78, 5) is 0. The van der Waals surface area contributed by atoms with Gasteiger partial charge in [0.1, 0.15) is 23.0 Å². The van der Waals surface area contributed by atoms with Crippen molar-refractivity contribution >= 4 is 10.8 Å². The molecule has 0 saturated carbocycles. The van der Waals surface area contributed by atoms with Gasteiger partial charge in [-0.2, -0.15) is 0 Å². The minimum absolute atomic E-state index is 0.101. The first-order chi connectivity index (χ1) is 33.7. The molecule has 0 heterocycles. The average molecular weight is 965 g/mol. The summed E-state index contributed by atoms with van der Waals surface area (Å²) < 4.78 is 37.0. The Labute approximate surface area is 427 Å². The highest BCUT2D eigenvalue weighted by Gasteiger charge is 2.29. The molecule has 0 aliphatic rings. The molecule has 382 valence electrons. The molecule has 6 rings (SSSR count). The van der Waals surface area contributed by atoms with Crippen LogP contribution in [-0.4, -0.2) is 43.8 Å². The number of benzene rings is 6. The summed E-state index contributed by atoms with van der Waals surface area (Å²) in [5, 5.41) is 13.5. The molecule has 0 fully saturated rings. The fraction of sp³-hybridized carbons (Fsp3) is 0.469. The summed E-state index contributed by atoms with van der Waals surface area (Å²) in [6.07, 6.45) is -1.11. The molecule has 0 amide bonds. The van der Waals surface area contributed by atoms with Gasteiger partial charge in [-0.25, -0.2) is 0 Å². The second kappa shape index (κ2) is 23.9. The van der Waals surface area contributed by atoms with Gasteiger partial charge in [-0.15, -0.1) is 0 Å². The quantitative estimate of drug-likeness (QED) is 0.0536. The SMILES string of the molecule is CCOC(C)Oc1cc(C)c(C(c2ccc3cc(C(c4cc(C(C)C)c(OC(C)OCC)cc4C)c4cc(C(C)C)c(OC(C)OCC)cc4C)ccc3c2)c2cc(C(C)C)c(O)cc2C)cc1C(C)C. The number of phenols is 1. The molecule has 71 heavy (non-hydrogen) atoms. The Balaban J connectivity index is 1.59. The zero-order chi connectivity index (χ0) is 52.0. The Morgan fingerprint density at radius 1 is 0.352 bits per heavy atom. The van der Waals surface area contributed by atoms with Crippen LogP contribution >= 0.6 is 0 Å². The van der Waals surface area contributed by atoms with Crippen molar-refractivity contribution in [2.24, 2.45) is 0 Å². The van der Waals surface area contributed by atoms with Crippen LogP contribution in [0.5, 0.6) is 23.0 Å². The van der Waals surface area contributed by atoms with E-state index < -0.39 is 0 Å². The molecule has 6 aromatic rings. The van der Waals surface area contributed by atoms with Crippen LogP contribution < -0.4 is 14.2 Å². The van der Waals surface area contributed by atoms with E-state index in [0.29, 0.717) is 25.6 Å². The zero-order valence-corrected chi connectivity index (χ0v) is 46.3. The molecule has 4 atom stereocenters. The van der Waals surface area contributed by atoms with Crippen molar-refractivity contribution in [1.82, 2.24) is 0 Å². The highest BCUT2D eigenvalue weighted by molar-refractivity contribution is 5.85. The Morgan fingerprint density at radius 2 is 0.634 bits per heavy atom. The predicted octanol–water partition coefficient (Wildman–Crippen LogP) is 16.9. The van der Waals surface area contributed by atoms with Crippen LogP contribution in [0.15, 0.2) is 84.9 Å². The number of ether oxygens (including phenoxy) is 6. The van der Waals surface area contributed by atoms with Crippen molar-refractivity contribution in [3.8, 4) is 23.0 Å². The average Bonchev–Trinajstić information content (AvgIpc) is 3.28. The molecule has 0 aliphatic heterocycles. The summed E-state index contributed by atoms with van der Waals surface area (Å²) in [6, 6.07) is 31.9. The molecule has 6 aromatic carbocycles. The number of hydrogen-bond donors (Lipinski definition) is 1. The lowest BCUT2D eigenvalue weighted by atomic mass is 9.77. The maximum Gasteiger partial charge on any atom is 0.196 e. The molecular formula is C64H84O7. The normalized spacial score (nSPS) is 14.1. The summed E-state index contributed by atoms with van der Waals surface area (Å²) >= 11 is 0. The van der Waals surface area contributed by atoms with E-state index in [1.165, 1.54) is 33.4 Å². The molecule has 0 aliphatic carbocycles. The zero-order valence-electron chi connectivity index (χ0n) is 46.3. The second-order valence-corrected chi connectivity index (χ2v) is 20.8. The Kier molecular flexibility index (Phi) is 18.5. The number of hydrogen-bond acceptors (Lipinski definition) is 7. The van der Waals surface area contributed by atoms with Crippen LogP contribution in [0.1, 0.15) is 210 Å². The fourth-order valence-corrected chi connectivity index (χ4v) is 10.3. The van der Waals surface area contributed by atoms with Gasteiger partial charge in [-0.05, 0) is 206 Å². The lowest BCUT2D eigenvalue weighted by Gasteiger charge is -2.29. The van der Waals surface area contributed by atoms with Crippen LogP contribution in [0.3, 0.4) is 0 Å². The van der Waals surface area contributed by atoms with E-state index in [9.17, 15) is 5.11 Å². The first-order valence-electron chi connectivity index (χ1n) is 26.3. The molecule has 7 heteroatoms. The van der Waals surface area contributed by atoms with Gasteiger partial charge in [0.15, 0.2) is 18.9 Å². The third-order valence-electron chi connectivity index (χ3n) is 14.0. The largest absolute Gasteiger partial charge is 0.508 e. The monoisotopic (exact) mass is 965 g/mol. The van der Waals surface area contributed by atoms with Gasteiger partial charge in [-0.1, -0.05) is 116 Å². The topological polar surface area (TPSA) is 75.6 Å². The molecule has 0 radical (unpaired) electrons. The Bertz CT molecular complexity index is 2690. The molecular weight excluding hydrogens is 881 g/mol. The van der Waals surface area contributed by atoms with Crippen molar-refractivity contribution < 1.29 is 33.5 Å². The van der Waals surface area contributed by atoms with E-state index in [1.807, 2.05) is 47.6 Å². The Morgan fingerprint density at radius 3 is 0.915 bits per heavy atom. The molecule has 4 unspecified atom stereocenters. The van der Waals surface area contributed by atoms with E-state index >= 15 is 0 Å². The van der Waals surface area contributed by atoms with Gasteiger partial charge in [-0.3, -0.25) is 0 Å². The van der Waals surface area contributed by atoms with Gasteiger partial charge in [0, 0.05) is 31.7 Å². The van der Waals surface area contributed by atoms with E-state index in [2.05, 4.69) is 162 Å². The molecule has 7 nitrogen and oxygen atoms in total. The van der Waals surface area contributed by atoms with Gasteiger partial charge in [0.2, 0.25) is 0 Å². The van der Waals surface area contributed by atoms with Gasteiger partial charge < -0.3 is 33.5 Å². The Hall–Kier alpha value is -5.34. The molecule has 0 spiro atoms.